The summed E-state index contributed by atoms with van der Waals surface area (Å²) in [6.45, 7) is -0.120. The van der Waals surface area contributed by atoms with Crippen molar-refractivity contribution < 1.29 is 24.5 Å². The summed E-state index contributed by atoms with van der Waals surface area (Å²) < 4.78 is 5.15. The van der Waals surface area contributed by atoms with E-state index < -0.39 is 18.1 Å². The molecule has 96 valence electrons. The predicted molar refractivity (Wildman–Crippen MR) is 60.7 cm³/mol. The molecule has 1 aliphatic rings. The van der Waals surface area contributed by atoms with Gasteiger partial charge in [-0.3, -0.25) is 9.59 Å². The van der Waals surface area contributed by atoms with Gasteiger partial charge in [0, 0.05) is 0 Å². The van der Waals surface area contributed by atoms with Crippen molar-refractivity contribution in [3.05, 3.63) is 23.8 Å². The number of benzene rings is 1. The quantitative estimate of drug-likeness (QED) is 0.543. The number of primary amides is 1. The monoisotopic (exact) mass is 252 g/mol. The molecular formula is C11H12N2O5. The molecule has 0 bridgehead atoms. The molecule has 1 heterocycles. The third-order valence-electron chi connectivity index (χ3n) is 2.57. The number of nitrogens with two attached hydrogens (primary N) is 1. The summed E-state index contributed by atoms with van der Waals surface area (Å²) in [7, 11) is 0. The first-order valence-electron chi connectivity index (χ1n) is 5.21. The van der Waals surface area contributed by atoms with Crippen molar-refractivity contribution in [3.8, 4) is 5.75 Å². The van der Waals surface area contributed by atoms with Crippen LogP contribution in [0, 0.1) is 0 Å². The Morgan fingerprint density at radius 3 is 2.83 bits per heavy atom. The first-order chi connectivity index (χ1) is 8.49. The maximum atomic E-state index is 11.1. The fourth-order valence-electron chi connectivity index (χ4n) is 1.61. The highest BCUT2D eigenvalue weighted by Crippen LogP contribution is 2.31. The van der Waals surface area contributed by atoms with Crippen LogP contribution in [-0.2, 0) is 9.59 Å². The zero-order chi connectivity index (χ0) is 13.3. The first kappa shape index (κ1) is 12.3. The van der Waals surface area contributed by atoms with Gasteiger partial charge in [0.05, 0.1) is 5.69 Å². The topological polar surface area (TPSA) is 122 Å². The number of anilines is 1. The minimum absolute atomic E-state index is 0.120. The van der Waals surface area contributed by atoms with Crippen LogP contribution in [0.3, 0.4) is 0 Å². The van der Waals surface area contributed by atoms with Crippen LogP contribution < -0.4 is 15.8 Å². The number of ether oxygens (including phenoxy) is 1. The number of aliphatic hydroxyl groups is 2. The van der Waals surface area contributed by atoms with Gasteiger partial charge in [-0.2, -0.15) is 0 Å². The summed E-state index contributed by atoms with van der Waals surface area (Å²) in [6.07, 6.45) is -3.13. The van der Waals surface area contributed by atoms with Crippen molar-refractivity contribution in [1.82, 2.24) is 0 Å². The van der Waals surface area contributed by atoms with Gasteiger partial charge in [0.1, 0.15) is 11.9 Å². The molecule has 2 amide bonds. The van der Waals surface area contributed by atoms with Crippen LogP contribution in [0.25, 0.3) is 0 Å². The summed E-state index contributed by atoms with van der Waals surface area (Å²) in [6, 6.07) is 4.41. The molecule has 2 atom stereocenters. The van der Waals surface area contributed by atoms with E-state index in [0.29, 0.717) is 11.4 Å². The zero-order valence-electron chi connectivity index (χ0n) is 9.29. The highest BCUT2D eigenvalue weighted by molar-refractivity contribution is 5.95. The second kappa shape index (κ2) is 4.63. The molecule has 1 aromatic carbocycles. The SMILES string of the molecule is NC(=O)C(O)C(O)c1ccc2c(c1)OCC(=O)N2. The van der Waals surface area contributed by atoms with Gasteiger partial charge in [-0.25, -0.2) is 0 Å². The lowest BCUT2D eigenvalue weighted by atomic mass is 10.0. The van der Waals surface area contributed by atoms with Crippen LogP contribution in [0.15, 0.2) is 18.2 Å². The number of hydrogen-bond donors (Lipinski definition) is 4. The number of fused-ring (bicyclic) bond motifs is 1. The van der Waals surface area contributed by atoms with Crippen LogP contribution in [0.4, 0.5) is 5.69 Å². The number of aliphatic hydroxyl groups excluding tert-OH is 2. The van der Waals surface area contributed by atoms with Crippen LogP contribution in [0.2, 0.25) is 0 Å². The molecule has 0 aliphatic carbocycles. The molecule has 1 aromatic rings. The summed E-state index contributed by atoms with van der Waals surface area (Å²) in [4.78, 5) is 21.8. The van der Waals surface area contributed by atoms with E-state index in [1.54, 1.807) is 0 Å². The Morgan fingerprint density at radius 2 is 2.17 bits per heavy atom. The van der Waals surface area contributed by atoms with Crippen molar-refractivity contribution in [3.63, 3.8) is 0 Å². The molecule has 0 radical (unpaired) electrons. The van der Waals surface area contributed by atoms with Gasteiger partial charge in [0.25, 0.3) is 5.91 Å². The highest BCUT2D eigenvalue weighted by Gasteiger charge is 2.25. The fourth-order valence-corrected chi connectivity index (χ4v) is 1.61. The Morgan fingerprint density at radius 1 is 1.44 bits per heavy atom. The molecule has 1 aliphatic heterocycles. The van der Waals surface area contributed by atoms with Crippen molar-refractivity contribution in [1.29, 1.82) is 0 Å². The minimum atomic E-state index is -1.69. The number of carbonyl (C=O) groups is 2. The van der Waals surface area contributed by atoms with Gasteiger partial charge >= 0.3 is 0 Å². The van der Waals surface area contributed by atoms with E-state index in [4.69, 9.17) is 10.5 Å². The summed E-state index contributed by atoms with van der Waals surface area (Å²) >= 11 is 0. The lowest BCUT2D eigenvalue weighted by Crippen LogP contribution is -2.34. The Labute approximate surface area is 102 Å². The van der Waals surface area contributed by atoms with Crippen LogP contribution in [0.1, 0.15) is 11.7 Å². The molecule has 0 spiro atoms. The molecule has 7 nitrogen and oxygen atoms in total. The number of hydrogen-bond acceptors (Lipinski definition) is 5. The lowest BCUT2D eigenvalue weighted by molar-refractivity contribution is -0.132. The third kappa shape index (κ3) is 2.27. The normalized spacial score (nSPS) is 17.1. The van der Waals surface area contributed by atoms with Gasteiger partial charge in [0.15, 0.2) is 12.7 Å². The summed E-state index contributed by atoms with van der Waals surface area (Å²) in [5.41, 5.74) is 5.64. The van der Waals surface area contributed by atoms with Gasteiger partial charge < -0.3 is 26.0 Å². The Kier molecular flexibility index (Phi) is 3.17. The Hall–Kier alpha value is -2.12. The molecule has 0 fully saturated rings. The van der Waals surface area contributed by atoms with Gasteiger partial charge in [0.2, 0.25) is 5.91 Å². The predicted octanol–water partition coefficient (Wildman–Crippen LogP) is -1.10. The first-order valence-corrected chi connectivity index (χ1v) is 5.21. The van der Waals surface area contributed by atoms with E-state index in [9.17, 15) is 19.8 Å². The second-order valence-corrected chi connectivity index (χ2v) is 3.88. The summed E-state index contributed by atoms with van der Waals surface area (Å²) in [5.74, 6) is -0.926. The maximum Gasteiger partial charge on any atom is 0.262 e. The van der Waals surface area contributed by atoms with Crippen molar-refractivity contribution in [2.24, 2.45) is 5.73 Å². The largest absolute Gasteiger partial charge is 0.482 e. The average molecular weight is 252 g/mol. The fraction of sp³-hybridized carbons (Fsp3) is 0.273. The molecule has 2 unspecified atom stereocenters. The van der Waals surface area contributed by atoms with E-state index in [2.05, 4.69) is 5.32 Å². The minimum Gasteiger partial charge on any atom is -0.482 e. The molecule has 5 N–H and O–H groups in total. The van der Waals surface area contributed by atoms with Crippen LogP contribution in [-0.4, -0.2) is 34.7 Å². The van der Waals surface area contributed by atoms with Gasteiger partial charge in [-0.1, -0.05) is 6.07 Å². The third-order valence-corrected chi connectivity index (χ3v) is 2.57. The molecule has 18 heavy (non-hydrogen) atoms. The molecule has 0 aromatic heterocycles. The van der Waals surface area contributed by atoms with Gasteiger partial charge in [-0.15, -0.1) is 0 Å². The zero-order valence-corrected chi connectivity index (χ0v) is 9.29. The second-order valence-electron chi connectivity index (χ2n) is 3.88. The Bertz CT molecular complexity index is 502. The van der Waals surface area contributed by atoms with E-state index in [-0.39, 0.29) is 18.1 Å². The summed E-state index contributed by atoms with van der Waals surface area (Å²) in [5, 5.41) is 21.7. The van der Waals surface area contributed by atoms with Crippen LogP contribution in [0.5, 0.6) is 5.75 Å². The lowest BCUT2D eigenvalue weighted by Gasteiger charge is -2.21. The molecular weight excluding hydrogens is 240 g/mol. The van der Waals surface area contributed by atoms with Crippen molar-refractivity contribution >= 4 is 17.5 Å². The van der Waals surface area contributed by atoms with E-state index in [1.807, 2.05) is 0 Å². The van der Waals surface area contributed by atoms with Crippen LogP contribution >= 0.6 is 0 Å². The number of amides is 2. The molecule has 2 rings (SSSR count). The molecule has 0 saturated heterocycles. The van der Waals surface area contributed by atoms with Crippen molar-refractivity contribution in [2.75, 3.05) is 11.9 Å². The van der Waals surface area contributed by atoms with E-state index >= 15 is 0 Å². The smallest absolute Gasteiger partial charge is 0.262 e. The van der Waals surface area contributed by atoms with Gasteiger partial charge in [-0.05, 0) is 17.7 Å². The maximum absolute atomic E-state index is 11.1. The molecule has 7 heteroatoms. The highest BCUT2D eigenvalue weighted by atomic mass is 16.5. The van der Waals surface area contributed by atoms with Crippen molar-refractivity contribution in [2.45, 2.75) is 12.2 Å². The Balaban J connectivity index is 2.26. The molecule has 0 saturated carbocycles. The van der Waals surface area contributed by atoms with E-state index in [0.717, 1.165) is 0 Å². The number of rotatable bonds is 3. The average Bonchev–Trinajstić information content (AvgIpc) is 2.36. The number of carbonyl (C=O) groups excluding carboxylic acids is 2. The van der Waals surface area contributed by atoms with E-state index in [1.165, 1.54) is 18.2 Å². The number of nitrogens with one attached hydrogen (secondary N) is 1. The standard InChI is InChI=1S/C11H12N2O5/c12-11(17)10(16)9(15)5-1-2-6-7(3-5)18-4-8(14)13-6/h1-3,9-10,15-16H,4H2,(H2,12,17)(H,13,14).